The molecule has 0 radical (unpaired) electrons. The second-order valence-corrected chi connectivity index (χ2v) is 3.26. The van der Waals surface area contributed by atoms with Crippen LogP contribution in [0, 0.1) is 0 Å². The molecule has 0 unspecified atom stereocenters. The molecule has 1 aromatic rings. The van der Waals surface area contributed by atoms with E-state index in [2.05, 4.69) is 10.5 Å². The molecule has 6 nitrogen and oxygen atoms in total. The summed E-state index contributed by atoms with van der Waals surface area (Å²) in [6.45, 7) is 0. The highest BCUT2D eigenvalue weighted by atomic mass is 35.5. The van der Waals surface area contributed by atoms with Gasteiger partial charge in [0.2, 0.25) is 0 Å². The Hall–Kier alpha value is -1.95. The van der Waals surface area contributed by atoms with E-state index in [1.54, 1.807) is 0 Å². The summed E-state index contributed by atoms with van der Waals surface area (Å²) in [6, 6.07) is 2.26. The molecule has 0 aliphatic heterocycles. The molecule has 0 saturated carbocycles. The quantitative estimate of drug-likeness (QED) is 0.266. The number of halogens is 1. The Bertz CT molecular complexity index is 436. The van der Waals surface area contributed by atoms with Gasteiger partial charge in [0.15, 0.2) is 17.2 Å². The number of likely N-dealkylation sites (N-methyl/N-ethyl adjacent to an activating group) is 1. The molecule has 4 N–H and O–H groups in total. The molecular formula is C9H9ClN2O4. The van der Waals surface area contributed by atoms with Crippen LogP contribution in [0.2, 0.25) is 5.02 Å². The first-order valence-corrected chi connectivity index (χ1v) is 4.55. The van der Waals surface area contributed by atoms with Gasteiger partial charge in [-0.15, -0.1) is 0 Å². The van der Waals surface area contributed by atoms with E-state index in [1.807, 2.05) is 0 Å². The summed E-state index contributed by atoms with van der Waals surface area (Å²) in [6.07, 6.45) is 0. The van der Waals surface area contributed by atoms with Crippen LogP contribution in [0.1, 0.15) is 5.56 Å². The number of hydrogen-bond donors (Lipinski definition) is 4. The van der Waals surface area contributed by atoms with Gasteiger partial charge in [-0.3, -0.25) is 4.79 Å². The highest BCUT2D eigenvalue weighted by Crippen LogP contribution is 2.34. The third-order valence-corrected chi connectivity index (χ3v) is 2.15. The first-order chi connectivity index (χ1) is 7.51. The first kappa shape index (κ1) is 12.1. The van der Waals surface area contributed by atoms with Crippen molar-refractivity contribution in [1.29, 1.82) is 0 Å². The fourth-order valence-corrected chi connectivity index (χ4v) is 1.29. The molecule has 0 aliphatic rings. The molecule has 1 rings (SSSR count). The van der Waals surface area contributed by atoms with Gasteiger partial charge in [-0.1, -0.05) is 16.8 Å². The molecule has 16 heavy (non-hydrogen) atoms. The highest BCUT2D eigenvalue weighted by Gasteiger charge is 2.17. The van der Waals surface area contributed by atoms with Crippen molar-refractivity contribution in [2.45, 2.75) is 0 Å². The largest absolute Gasteiger partial charge is 0.504 e. The second kappa shape index (κ2) is 4.71. The fraction of sp³-hybridized carbons (Fsp3) is 0.111. The van der Waals surface area contributed by atoms with Crippen LogP contribution in [-0.4, -0.2) is 34.1 Å². The lowest BCUT2D eigenvalue weighted by Gasteiger charge is -2.06. The molecule has 0 atom stereocenters. The molecular weight excluding hydrogens is 236 g/mol. The molecule has 0 fully saturated rings. The van der Waals surface area contributed by atoms with Gasteiger partial charge < -0.3 is 20.7 Å². The van der Waals surface area contributed by atoms with E-state index in [1.165, 1.54) is 13.1 Å². The summed E-state index contributed by atoms with van der Waals surface area (Å²) in [7, 11) is 1.36. The van der Waals surface area contributed by atoms with Gasteiger partial charge in [0.1, 0.15) is 0 Å². The van der Waals surface area contributed by atoms with E-state index in [0.29, 0.717) is 0 Å². The first-order valence-electron chi connectivity index (χ1n) is 4.17. The summed E-state index contributed by atoms with van der Waals surface area (Å²) in [5.74, 6) is -1.66. The third kappa shape index (κ3) is 2.17. The Balaban J connectivity index is 3.28. The summed E-state index contributed by atoms with van der Waals surface area (Å²) < 4.78 is 0. The SMILES string of the molecule is CNC(=O)C(=NO)c1cc(O)c(O)c(Cl)c1. The van der Waals surface area contributed by atoms with Gasteiger partial charge in [-0.2, -0.15) is 0 Å². The van der Waals surface area contributed by atoms with Crippen LogP contribution in [-0.2, 0) is 4.79 Å². The van der Waals surface area contributed by atoms with Crippen LogP contribution >= 0.6 is 11.6 Å². The minimum atomic E-state index is -0.649. The van der Waals surface area contributed by atoms with Crippen molar-refractivity contribution in [2.24, 2.45) is 5.16 Å². The number of benzene rings is 1. The number of aromatic hydroxyl groups is 2. The number of phenols is 2. The number of nitrogens with one attached hydrogen (secondary N) is 1. The monoisotopic (exact) mass is 244 g/mol. The normalized spacial score (nSPS) is 11.2. The smallest absolute Gasteiger partial charge is 0.273 e. The molecule has 0 spiro atoms. The average Bonchev–Trinajstić information content (AvgIpc) is 2.26. The maximum absolute atomic E-state index is 11.3. The minimum absolute atomic E-state index is 0.0853. The van der Waals surface area contributed by atoms with Crippen LogP contribution in [0.4, 0.5) is 0 Å². The molecule has 0 bridgehead atoms. The van der Waals surface area contributed by atoms with Gasteiger partial charge in [0.25, 0.3) is 5.91 Å². The Kier molecular flexibility index (Phi) is 3.57. The number of carbonyl (C=O) groups is 1. The van der Waals surface area contributed by atoms with E-state index in [9.17, 15) is 15.0 Å². The highest BCUT2D eigenvalue weighted by molar-refractivity contribution is 6.45. The number of oxime groups is 1. The summed E-state index contributed by atoms with van der Waals surface area (Å²) >= 11 is 5.59. The lowest BCUT2D eigenvalue weighted by atomic mass is 10.1. The molecule has 1 amide bonds. The standard InChI is InChI=1S/C9H9ClN2O4/c1-11-9(15)7(12-16)4-2-5(10)8(14)6(13)3-4/h2-3,13-14,16H,1H3,(H,11,15). The number of amides is 1. The Morgan fingerprint density at radius 2 is 2.06 bits per heavy atom. The molecule has 0 heterocycles. The summed E-state index contributed by atoms with van der Waals surface area (Å²) in [4.78, 5) is 11.3. The number of phenolic OH excluding ortho intramolecular Hbond substituents is 2. The molecule has 0 aromatic heterocycles. The van der Waals surface area contributed by atoms with Crippen molar-refractivity contribution in [3.8, 4) is 11.5 Å². The maximum atomic E-state index is 11.3. The van der Waals surface area contributed by atoms with Crippen molar-refractivity contribution >= 4 is 23.2 Å². The Morgan fingerprint density at radius 3 is 2.50 bits per heavy atom. The van der Waals surface area contributed by atoms with E-state index < -0.39 is 17.4 Å². The topological polar surface area (TPSA) is 102 Å². The van der Waals surface area contributed by atoms with Crippen LogP contribution < -0.4 is 5.32 Å². The Labute approximate surface area is 95.8 Å². The molecule has 1 aromatic carbocycles. The molecule has 7 heteroatoms. The van der Waals surface area contributed by atoms with Crippen molar-refractivity contribution in [3.63, 3.8) is 0 Å². The third-order valence-electron chi connectivity index (χ3n) is 1.86. The zero-order chi connectivity index (χ0) is 12.3. The Morgan fingerprint density at radius 1 is 1.44 bits per heavy atom. The molecule has 86 valence electrons. The van der Waals surface area contributed by atoms with Gasteiger partial charge in [-0.05, 0) is 12.1 Å². The number of nitrogens with zero attached hydrogens (tertiary/aromatic N) is 1. The van der Waals surface area contributed by atoms with E-state index >= 15 is 0 Å². The lowest BCUT2D eigenvalue weighted by molar-refractivity contribution is -0.114. The number of rotatable bonds is 2. The van der Waals surface area contributed by atoms with Crippen molar-refractivity contribution in [2.75, 3.05) is 7.05 Å². The van der Waals surface area contributed by atoms with E-state index in [0.717, 1.165) is 6.07 Å². The van der Waals surface area contributed by atoms with Crippen molar-refractivity contribution in [1.82, 2.24) is 5.32 Å². The predicted octanol–water partition coefficient (Wildman–Crippen LogP) is 0.675. The lowest BCUT2D eigenvalue weighted by Crippen LogP contribution is -2.28. The van der Waals surface area contributed by atoms with Crippen molar-refractivity contribution in [3.05, 3.63) is 22.7 Å². The predicted molar refractivity (Wildman–Crippen MR) is 57.2 cm³/mol. The van der Waals surface area contributed by atoms with Crippen LogP contribution in [0.3, 0.4) is 0 Å². The van der Waals surface area contributed by atoms with Crippen molar-refractivity contribution < 1.29 is 20.2 Å². The average molecular weight is 245 g/mol. The summed E-state index contributed by atoms with van der Waals surface area (Å²) in [5, 5.41) is 32.0. The van der Waals surface area contributed by atoms with Crippen LogP contribution in [0.15, 0.2) is 17.3 Å². The summed E-state index contributed by atoms with van der Waals surface area (Å²) in [5.41, 5.74) is -0.234. The van der Waals surface area contributed by atoms with Crippen LogP contribution in [0.25, 0.3) is 0 Å². The van der Waals surface area contributed by atoms with E-state index in [4.69, 9.17) is 16.8 Å². The van der Waals surface area contributed by atoms with Gasteiger partial charge in [0, 0.05) is 12.6 Å². The fourth-order valence-electron chi connectivity index (χ4n) is 1.07. The van der Waals surface area contributed by atoms with Gasteiger partial charge >= 0.3 is 0 Å². The van der Waals surface area contributed by atoms with E-state index in [-0.39, 0.29) is 16.3 Å². The van der Waals surface area contributed by atoms with Gasteiger partial charge in [-0.25, -0.2) is 0 Å². The number of carbonyl (C=O) groups excluding carboxylic acids is 1. The van der Waals surface area contributed by atoms with Gasteiger partial charge in [0.05, 0.1) is 5.02 Å². The zero-order valence-corrected chi connectivity index (χ0v) is 8.99. The zero-order valence-electron chi connectivity index (χ0n) is 8.23. The minimum Gasteiger partial charge on any atom is -0.504 e. The molecule has 0 saturated heterocycles. The number of hydrogen-bond acceptors (Lipinski definition) is 5. The second-order valence-electron chi connectivity index (χ2n) is 2.85. The molecule has 0 aliphatic carbocycles. The van der Waals surface area contributed by atoms with Crippen LogP contribution in [0.5, 0.6) is 11.5 Å². The maximum Gasteiger partial charge on any atom is 0.273 e.